The Morgan fingerprint density at radius 1 is 1.24 bits per heavy atom. The van der Waals surface area contributed by atoms with Gasteiger partial charge in [-0.1, -0.05) is 17.3 Å². The summed E-state index contributed by atoms with van der Waals surface area (Å²) in [7, 11) is 0. The highest BCUT2D eigenvalue weighted by atomic mass is 19.1. The second-order valence-electron chi connectivity index (χ2n) is 3.57. The Morgan fingerprint density at radius 2 is 2.00 bits per heavy atom. The van der Waals surface area contributed by atoms with Gasteiger partial charge < -0.3 is 4.52 Å². The van der Waals surface area contributed by atoms with E-state index in [0.29, 0.717) is 24.6 Å². The molecule has 1 aromatic heterocycles. The standard InChI is InChI=1S/C12H10FN3O/c13-10-4-1-9(2-5-10)3-6-12-15-11(7-8-14)16-17-12/h1-2,4-5H,3,6-7H2. The summed E-state index contributed by atoms with van der Waals surface area (Å²) in [4.78, 5) is 4.06. The minimum absolute atomic E-state index is 0.153. The number of aryl methyl sites for hydroxylation is 2. The molecule has 1 aromatic carbocycles. The second-order valence-corrected chi connectivity index (χ2v) is 3.57. The zero-order chi connectivity index (χ0) is 12.1. The molecule has 0 unspecified atom stereocenters. The minimum Gasteiger partial charge on any atom is -0.339 e. The van der Waals surface area contributed by atoms with Crippen LogP contribution in [0.1, 0.15) is 17.3 Å². The van der Waals surface area contributed by atoms with Gasteiger partial charge in [-0.15, -0.1) is 0 Å². The van der Waals surface area contributed by atoms with Crippen LogP contribution in [0.4, 0.5) is 4.39 Å². The molecular formula is C12H10FN3O. The van der Waals surface area contributed by atoms with Crippen molar-refractivity contribution in [2.75, 3.05) is 0 Å². The third kappa shape index (κ3) is 3.11. The molecule has 2 aromatic rings. The van der Waals surface area contributed by atoms with Gasteiger partial charge in [0, 0.05) is 6.42 Å². The molecule has 0 bridgehead atoms. The van der Waals surface area contributed by atoms with Gasteiger partial charge >= 0.3 is 0 Å². The molecule has 0 saturated carbocycles. The number of rotatable bonds is 4. The third-order valence-electron chi connectivity index (χ3n) is 2.29. The van der Waals surface area contributed by atoms with E-state index in [0.717, 1.165) is 5.56 Å². The Bertz CT molecular complexity index is 527. The zero-order valence-corrected chi connectivity index (χ0v) is 9.06. The van der Waals surface area contributed by atoms with Crippen molar-refractivity contribution in [2.45, 2.75) is 19.3 Å². The molecule has 0 radical (unpaired) electrons. The first-order valence-corrected chi connectivity index (χ1v) is 5.21. The number of hydrogen-bond donors (Lipinski definition) is 0. The topological polar surface area (TPSA) is 62.7 Å². The number of nitriles is 1. The van der Waals surface area contributed by atoms with Crippen LogP contribution in [0, 0.1) is 17.1 Å². The van der Waals surface area contributed by atoms with Crippen LogP contribution in [0.25, 0.3) is 0 Å². The maximum absolute atomic E-state index is 12.7. The quantitative estimate of drug-likeness (QED) is 0.807. The van der Waals surface area contributed by atoms with Gasteiger partial charge in [0.05, 0.1) is 12.5 Å². The van der Waals surface area contributed by atoms with Gasteiger partial charge in [0.1, 0.15) is 5.82 Å². The maximum atomic E-state index is 12.7. The summed E-state index contributed by atoms with van der Waals surface area (Å²) in [6.45, 7) is 0. The highest BCUT2D eigenvalue weighted by Gasteiger charge is 2.05. The van der Waals surface area contributed by atoms with E-state index < -0.39 is 0 Å². The van der Waals surface area contributed by atoms with E-state index in [1.54, 1.807) is 12.1 Å². The Labute approximate surface area is 97.7 Å². The fraction of sp³-hybridized carbons (Fsp3) is 0.250. The predicted octanol–water partition coefficient (Wildman–Crippen LogP) is 2.06. The highest BCUT2D eigenvalue weighted by Crippen LogP contribution is 2.07. The molecule has 0 atom stereocenters. The number of benzene rings is 1. The Kier molecular flexibility index (Phi) is 3.46. The van der Waals surface area contributed by atoms with Gasteiger partial charge in [-0.2, -0.15) is 10.2 Å². The van der Waals surface area contributed by atoms with Crippen molar-refractivity contribution in [3.05, 3.63) is 47.4 Å². The van der Waals surface area contributed by atoms with E-state index >= 15 is 0 Å². The molecule has 0 aliphatic rings. The average molecular weight is 231 g/mol. The van der Waals surface area contributed by atoms with Crippen molar-refractivity contribution in [3.8, 4) is 6.07 Å². The first kappa shape index (κ1) is 11.3. The van der Waals surface area contributed by atoms with E-state index in [-0.39, 0.29) is 12.2 Å². The van der Waals surface area contributed by atoms with Crippen LogP contribution in [0.5, 0.6) is 0 Å². The number of hydrogen-bond acceptors (Lipinski definition) is 4. The van der Waals surface area contributed by atoms with E-state index in [1.165, 1.54) is 12.1 Å². The van der Waals surface area contributed by atoms with Crippen LogP contribution >= 0.6 is 0 Å². The molecule has 2 rings (SSSR count). The Hall–Kier alpha value is -2.22. The normalized spacial score (nSPS) is 10.1. The van der Waals surface area contributed by atoms with Crippen molar-refractivity contribution in [1.82, 2.24) is 10.1 Å². The summed E-state index contributed by atoms with van der Waals surface area (Å²) in [5.74, 6) is 0.657. The van der Waals surface area contributed by atoms with Crippen molar-refractivity contribution in [2.24, 2.45) is 0 Å². The van der Waals surface area contributed by atoms with E-state index in [1.807, 2.05) is 6.07 Å². The molecule has 0 aliphatic carbocycles. The molecule has 4 nitrogen and oxygen atoms in total. The van der Waals surface area contributed by atoms with Crippen LogP contribution in [0.2, 0.25) is 0 Å². The van der Waals surface area contributed by atoms with Gasteiger partial charge in [-0.25, -0.2) is 4.39 Å². The number of aromatic nitrogens is 2. The Morgan fingerprint density at radius 3 is 2.71 bits per heavy atom. The first-order chi connectivity index (χ1) is 8.28. The molecule has 0 spiro atoms. The van der Waals surface area contributed by atoms with Crippen molar-refractivity contribution in [3.63, 3.8) is 0 Å². The van der Waals surface area contributed by atoms with Gasteiger partial charge in [-0.05, 0) is 24.1 Å². The molecular weight excluding hydrogens is 221 g/mol. The summed E-state index contributed by atoms with van der Waals surface area (Å²) >= 11 is 0. The van der Waals surface area contributed by atoms with Crippen molar-refractivity contribution in [1.29, 1.82) is 5.26 Å². The lowest BCUT2D eigenvalue weighted by molar-refractivity contribution is 0.374. The third-order valence-corrected chi connectivity index (χ3v) is 2.29. The van der Waals surface area contributed by atoms with Gasteiger partial charge in [0.2, 0.25) is 5.89 Å². The largest absolute Gasteiger partial charge is 0.339 e. The van der Waals surface area contributed by atoms with Crippen molar-refractivity contribution < 1.29 is 8.91 Å². The molecule has 17 heavy (non-hydrogen) atoms. The van der Waals surface area contributed by atoms with E-state index in [2.05, 4.69) is 10.1 Å². The van der Waals surface area contributed by atoms with E-state index in [9.17, 15) is 4.39 Å². The minimum atomic E-state index is -0.247. The lowest BCUT2D eigenvalue weighted by atomic mass is 10.1. The van der Waals surface area contributed by atoms with Crippen LogP contribution in [-0.2, 0) is 19.3 Å². The summed E-state index contributed by atoms with van der Waals surface area (Å²) in [5, 5.41) is 12.1. The summed E-state index contributed by atoms with van der Waals surface area (Å²) in [5.41, 5.74) is 1.01. The van der Waals surface area contributed by atoms with Gasteiger partial charge in [-0.3, -0.25) is 0 Å². The summed E-state index contributed by atoms with van der Waals surface area (Å²) in [6, 6.07) is 8.24. The number of halogens is 1. The maximum Gasteiger partial charge on any atom is 0.227 e. The zero-order valence-electron chi connectivity index (χ0n) is 9.06. The number of nitrogens with zero attached hydrogens (tertiary/aromatic N) is 3. The Balaban J connectivity index is 1.93. The summed E-state index contributed by atoms with van der Waals surface area (Å²) < 4.78 is 17.6. The first-order valence-electron chi connectivity index (χ1n) is 5.21. The van der Waals surface area contributed by atoms with Crippen LogP contribution in [0.3, 0.4) is 0 Å². The molecule has 0 aliphatic heterocycles. The molecule has 5 heteroatoms. The second kappa shape index (κ2) is 5.21. The molecule has 86 valence electrons. The fourth-order valence-corrected chi connectivity index (χ4v) is 1.44. The predicted molar refractivity (Wildman–Crippen MR) is 57.4 cm³/mol. The van der Waals surface area contributed by atoms with Gasteiger partial charge in [0.25, 0.3) is 0 Å². The molecule has 1 heterocycles. The van der Waals surface area contributed by atoms with E-state index in [4.69, 9.17) is 9.78 Å². The van der Waals surface area contributed by atoms with Crippen LogP contribution < -0.4 is 0 Å². The van der Waals surface area contributed by atoms with Crippen molar-refractivity contribution >= 4 is 0 Å². The molecule has 0 saturated heterocycles. The SMILES string of the molecule is N#CCc1noc(CCc2ccc(F)cc2)n1. The lowest BCUT2D eigenvalue weighted by Gasteiger charge is -1.97. The monoisotopic (exact) mass is 231 g/mol. The smallest absolute Gasteiger partial charge is 0.227 e. The lowest BCUT2D eigenvalue weighted by Crippen LogP contribution is -1.92. The molecule has 0 N–H and O–H groups in total. The highest BCUT2D eigenvalue weighted by molar-refractivity contribution is 5.16. The summed E-state index contributed by atoms with van der Waals surface area (Å²) in [6.07, 6.45) is 1.44. The molecule has 0 fully saturated rings. The fourth-order valence-electron chi connectivity index (χ4n) is 1.44. The van der Waals surface area contributed by atoms with Crippen LogP contribution in [-0.4, -0.2) is 10.1 Å². The van der Waals surface area contributed by atoms with Gasteiger partial charge in [0.15, 0.2) is 5.82 Å². The average Bonchev–Trinajstić information content (AvgIpc) is 2.77. The molecule has 0 amide bonds. The van der Waals surface area contributed by atoms with Crippen LogP contribution in [0.15, 0.2) is 28.8 Å².